The van der Waals surface area contributed by atoms with E-state index in [0.717, 1.165) is 6.42 Å². The number of aromatic amines is 2. The molecule has 0 amide bonds. The number of nitrogens with zero attached hydrogens (tertiary/aromatic N) is 2. The van der Waals surface area contributed by atoms with Gasteiger partial charge in [0, 0.05) is 6.54 Å². The van der Waals surface area contributed by atoms with Crippen LogP contribution in [0.3, 0.4) is 0 Å². The molecule has 108 valence electrons. The van der Waals surface area contributed by atoms with Crippen molar-refractivity contribution in [3.8, 4) is 0 Å². The lowest BCUT2D eigenvalue weighted by Crippen LogP contribution is -2.30. The first-order valence-corrected chi connectivity index (χ1v) is 6.62. The second-order valence-electron chi connectivity index (χ2n) is 4.67. The summed E-state index contributed by atoms with van der Waals surface area (Å²) in [6.45, 7) is 3.88. The van der Waals surface area contributed by atoms with Crippen molar-refractivity contribution in [3.05, 3.63) is 26.7 Å². The van der Waals surface area contributed by atoms with E-state index in [0.29, 0.717) is 43.4 Å². The Kier molecular flexibility index (Phi) is 3.41. The van der Waals surface area contributed by atoms with Crippen LogP contribution in [0, 0.1) is 0 Å². The molecule has 20 heavy (non-hydrogen) atoms. The van der Waals surface area contributed by atoms with Gasteiger partial charge in [0.25, 0.3) is 5.56 Å². The molecule has 1 aliphatic rings. The summed E-state index contributed by atoms with van der Waals surface area (Å²) in [4.78, 5) is 33.3. The summed E-state index contributed by atoms with van der Waals surface area (Å²) < 4.78 is 12.3. The fraction of sp³-hybridized carbons (Fsp3) is 0.583. The molecule has 2 aromatic rings. The van der Waals surface area contributed by atoms with Crippen LogP contribution < -0.4 is 11.2 Å². The first kappa shape index (κ1) is 13.1. The maximum Gasteiger partial charge on any atom is 0.330 e. The number of fused-ring (bicyclic) bond motifs is 1. The Hall–Kier alpha value is -1.93. The summed E-state index contributed by atoms with van der Waals surface area (Å²) in [5.41, 5.74) is -0.247. The largest absolute Gasteiger partial charge is 0.376 e. The molecule has 0 aliphatic carbocycles. The van der Waals surface area contributed by atoms with Crippen LogP contribution in [0.4, 0.5) is 0 Å². The van der Waals surface area contributed by atoms with Gasteiger partial charge in [-0.05, 0) is 6.42 Å². The lowest BCUT2D eigenvalue weighted by Gasteiger charge is -2.20. The van der Waals surface area contributed by atoms with Crippen molar-refractivity contribution < 1.29 is 9.47 Å². The van der Waals surface area contributed by atoms with Gasteiger partial charge in [-0.15, -0.1) is 0 Å². The highest BCUT2D eigenvalue weighted by atomic mass is 16.6. The van der Waals surface area contributed by atoms with Crippen molar-refractivity contribution in [2.45, 2.75) is 26.0 Å². The van der Waals surface area contributed by atoms with E-state index in [4.69, 9.17) is 9.47 Å². The molecule has 0 radical (unpaired) electrons. The van der Waals surface area contributed by atoms with E-state index in [1.165, 1.54) is 4.57 Å². The summed E-state index contributed by atoms with van der Waals surface area (Å²) in [6, 6.07) is 0. The molecule has 3 rings (SSSR count). The van der Waals surface area contributed by atoms with Crippen molar-refractivity contribution in [2.75, 3.05) is 19.8 Å². The first-order valence-electron chi connectivity index (χ1n) is 6.62. The molecule has 2 N–H and O–H groups in total. The highest BCUT2D eigenvalue weighted by Gasteiger charge is 2.22. The predicted molar refractivity (Wildman–Crippen MR) is 70.8 cm³/mol. The zero-order valence-corrected chi connectivity index (χ0v) is 11.1. The van der Waals surface area contributed by atoms with E-state index < -0.39 is 11.2 Å². The van der Waals surface area contributed by atoms with Crippen LogP contribution in [0.1, 0.15) is 25.3 Å². The number of nitrogens with one attached hydrogen (secondary N) is 2. The number of H-pyrrole nitrogens is 2. The van der Waals surface area contributed by atoms with Gasteiger partial charge in [0.05, 0.1) is 19.8 Å². The number of hydrogen-bond donors (Lipinski definition) is 2. The van der Waals surface area contributed by atoms with Crippen LogP contribution in [0.2, 0.25) is 0 Å². The standard InChI is InChI=1S/C12H16N4O4/c1-2-3-16-10-8(11(17)15-12(16)18)13-9(14-10)7-6-19-4-5-20-7/h7H,2-6H2,1H3,(H,13,14)(H,15,17,18). The van der Waals surface area contributed by atoms with Gasteiger partial charge in [0.2, 0.25) is 0 Å². The van der Waals surface area contributed by atoms with Gasteiger partial charge in [0.15, 0.2) is 5.65 Å². The normalized spacial score (nSPS) is 19.6. The maximum atomic E-state index is 11.8. The van der Waals surface area contributed by atoms with E-state index >= 15 is 0 Å². The minimum absolute atomic E-state index is 0.294. The molecule has 1 atom stereocenters. The summed E-state index contributed by atoms with van der Waals surface area (Å²) in [7, 11) is 0. The van der Waals surface area contributed by atoms with E-state index in [-0.39, 0.29) is 6.10 Å². The minimum atomic E-state index is -0.465. The molecule has 0 bridgehead atoms. The average molecular weight is 280 g/mol. The summed E-state index contributed by atoms with van der Waals surface area (Å²) in [5.74, 6) is 0.514. The van der Waals surface area contributed by atoms with Crippen LogP contribution in [0.5, 0.6) is 0 Å². The van der Waals surface area contributed by atoms with Gasteiger partial charge < -0.3 is 14.5 Å². The number of aryl methyl sites for hydroxylation is 1. The van der Waals surface area contributed by atoms with Gasteiger partial charge in [-0.2, -0.15) is 0 Å². The number of rotatable bonds is 3. The molecule has 8 nitrogen and oxygen atoms in total. The van der Waals surface area contributed by atoms with Crippen LogP contribution in [-0.4, -0.2) is 39.3 Å². The Morgan fingerprint density at radius 2 is 2.20 bits per heavy atom. The second kappa shape index (κ2) is 5.22. The number of ether oxygens (including phenoxy) is 2. The summed E-state index contributed by atoms with van der Waals surface area (Å²) in [6.07, 6.45) is 0.437. The van der Waals surface area contributed by atoms with Gasteiger partial charge >= 0.3 is 5.69 Å². The average Bonchev–Trinajstić information content (AvgIpc) is 2.90. The second-order valence-corrected chi connectivity index (χ2v) is 4.67. The van der Waals surface area contributed by atoms with Crippen LogP contribution in [0.15, 0.2) is 9.59 Å². The van der Waals surface area contributed by atoms with Crippen LogP contribution >= 0.6 is 0 Å². The third-order valence-corrected chi connectivity index (χ3v) is 3.22. The van der Waals surface area contributed by atoms with Crippen molar-refractivity contribution >= 4 is 11.2 Å². The minimum Gasteiger partial charge on any atom is -0.376 e. The molecule has 3 heterocycles. The smallest absolute Gasteiger partial charge is 0.330 e. The lowest BCUT2D eigenvalue weighted by molar-refractivity contribution is -0.0931. The zero-order valence-electron chi connectivity index (χ0n) is 11.1. The molecular formula is C12H16N4O4. The molecule has 1 saturated heterocycles. The summed E-state index contributed by atoms with van der Waals surface area (Å²) in [5, 5.41) is 0. The van der Waals surface area contributed by atoms with Gasteiger partial charge in [-0.3, -0.25) is 14.3 Å². The number of hydrogen-bond acceptors (Lipinski definition) is 5. The van der Waals surface area contributed by atoms with Crippen molar-refractivity contribution in [2.24, 2.45) is 0 Å². The van der Waals surface area contributed by atoms with Crippen LogP contribution in [0.25, 0.3) is 11.2 Å². The molecule has 8 heteroatoms. The third kappa shape index (κ3) is 2.16. The molecule has 1 unspecified atom stereocenters. The Morgan fingerprint density at radius 3 is 2.90 bits per heavy atom. The van der Waals surface area contributed by atoms with E-state index in [2.05, 4.69) is 15.0 Å². The van der Waals surface area contributed by atoms with Gasteiger partial charge in [0.1, 0.15) is 17.4 Å². The molecule has 2 aromatic heterocycles. The number of aromatic nitrogens is 4. The predicted octanol–water partition coefficient (Wildman–Crippen LogP) is -0.0892. The fourth-order valence-electron chi connectivity index (χ4n) is 2.29. The first-order chi connectivity index (χ1) is 9.70. The van der Waals surface area contributed by atoms with E-state index in [1.54, 1.807) is 0 Å². The SMILES string of the molecule is CCCn1c(=O)[nH]c(=O)c2[nH]c(C3COCCO3)nc21. The lowest BCUT2D eigenvalue weighted by atomic mass is 10.3. The number of imidazole rings is 1. The highest BCUT2D eigenvalue weighted by molar-refractivity contribution is 5.69. The fourth-order valence-corrected chi connectivity index (χ4v) is 2.29. The molecule has 0 spiro atoms. The topological polar surface area (TPSA) is 102 Å². The highest BCUT2D eigenvalue weighted by Crippen LogP contribution is 2.19. The van der Waals surface area contributed by atoms with Crippen molar-refractivity contribution in [3.63, 3.8) is 0 Å². The molecule has 1 aliphatic heterocycles. The van der Waals surface area contributed by atoms with E-state index in [9.17, 15) is 9.59 Å². The van der Waals surface area contributed by atoms with Gasteiger partial charge in [-0.1, -0.05) is 6.92 Å². The Labute approximate surface area is 113 Å². The zero-order chi connectivity index (χ0) is 14.1. The molecular weight excluding hydrogens is 264 g/mol. The molecule has 0 aromatic carbocycles. The van der Waals surface area contributed by atoms with Gasteiger partial charge in [-0.25, -0.2) is 9.78 Å². The Morgan fingerprint density at radius 1 is 1.35 bits per heavy atom. The monoisotopic (exact) mass is 280 g/mol. The van der Waals surface area contributed by atoms with Crippen molar-refractivity contribution in [1.82, 2.24) is 19.5 Å². The quantitative estimate of drug-likeness (QED) is 0.818. The van der Waals surface area contributed by atoms with E-state index in [1.807, 2.05) is 6.92 Å². The Balaban J connectivity index is 2.13. The Bertz CT molecular complexity index is 723. The molecule has 1 fully saturated rings. The third-order valence-electron chi connectivity index (χ3n) is 3.22. The maximum absolute atomic E-state index is 11.8. The van der Waals surface area contributed by atoms with Crippen molar-refractivity contribution in [1.29, 1.82) is 0 Å². The van der Waals surface area contributed by atoms with Crippen LogP contribution in [-0.2, 0) is 16.0 Å². The molecule has 0 saturated carbocycles. The summed E-state index contributed by atoms with van der Waals surface area (Å²) >= 11 is 0.